The summed E-state index contributed by atoms with van der Waals surface area (Å²) in [6, 6.07) is 10.5. The molecule has 1 saturated heterocycles. The Kier molecular flexibility index (Phi) is 3.49. The molecule has 0 amide bonds. The lowest BCUT2D eigenvalue weighted by atomic mass is 9.94. The molecule has 2 heteroatoms. The van der Waals surface area contributed by atoms with Crippen LogP contribution < -0.4 is 0 Å². The van der Waals surface area contributed by atoms with Crippen molar-refractivity contribution in [2.45, 2.75) is 18.9 Å². The number of hydrogen-bond acceptors (Lipinski definition) is 2. The van der Waals surface area contributed by atoms with Gasteiger partial charge in [0.2, 0.25) is 0 Å². The van der Waals surface area contributed by atoms with Crippen molar-refractivity contribution in [3.8, 4) is 0 Å². The van der Waals surface area contributed by atoms with Crippen LogP contribution in [0.3, 0.4) is 0 Å². The maximum Gasteiger partial charge on any atom is 0.0587 e. The number of hydrogen-bond donors (Lipinski definition) is 1. The van der Waals surface area contributed by atoms with E-state index in [0.29, 0.717) is 5.92 Å². The van der Waals surface area contributed by atoms with E-state index in [0.717, 1.165) is 24.3 Å². The second-order valence-electron chi connectivity index (χ2n) is 3.88. The van der Waals surface area contributed by atoms with Crippen molar-refractivity contribution in [3.05, 3.63) is 35.9 Å². The molecule has 2 rings (SSSR count). The molecule has 2 atom stereocenters. The molecule has 1 heterocycles. The molecule has 1 aliphatic rings. The van der Waals surface area contributed by atoms with Crippen molar-refractivity contribution in [2.24, 2.45) is 5.92 Å². The van der Waals surface area contributed by atoms with Crippen LogP contribution in [0.15, 0.2) is 30.3 Å². The van der Waals surface area contributed by atoms with E-state index in [4.69, 9.17) is 0 Å². The standard InChI is InChI=1S/C12H16OS/c13-12-6-7-14-9-11(12)8-10-4-2-1-3-5-10/h1-5,11-13H,6-9H2. The maximum absolute atomic E-state index is 9.82. The highest BCUT2D eigenvalue weighted by Gasteiger charge is 2.23. The van der Waals surface area contributed by atoms with Crippen LogP contribution in [0.1, 0.15) is 12.0 Å². The van der Waals surface area contributed by atoms with Gasteiger partial charge in [0.05, 0.1) is 6.10 Å². The van der Waals surface area contributed by atoms with Crippen molar-refractivity contribution in [1.82, 2.24) is 0 Å². The van der Waals surface area contributed by atoms with Gasteiger partial charge in [-0.2, -0.15) is 11.8 Å². The molecular formula is C12H16OS. The Morgan fingerprint density at radius 1 is 1.29 bits per heavy atom. The predicted molar refractivity (Wildman–Crippen MR) is 61.6 cm³/mol. The largest absolute Gasteiger partial charge is 0.393 e. The minimum Gasteiger partial charge on any atom is -0.393 e. The Labute approximate surface area is 89.5 Å². The fraction of sp³-hybridized carbons (Fsp3) is 0.500. The summed E-state index contributed by atoms with van der Waals surface area (Å²) in [5, 5.41) is 9.82. The highest BCUT2D eigenvalue weighted by atomic mass is 32.2. The molecule has 0 aliphatic carbocycles. The van der Waals surface area contributed by atoms with Crippen molar-refractivity contribution < 1.29 is 5.11 Å². The normalized spacial score (nSPS) is 27.5. The number of thioether (sulfide) groups is 1. The Bertz CT molecular complexity index is 273. The van der Waals surface area contributed by atoms with Gasteiger partial charge in [0.15, 0.2) is 0 Å². The fourth-order valence-corrected chi connectivity index (χ4v) is 3.11. The second-order valence-corrected chi connectivity index (χ2v) is 5.03. The molecule has 1 nitrogen and oxygen atoms in total. The molecule has 1 aliphatic heterocycles. The van der Waals surface area contributed by atoms with E-state index in [1.165, 1.54) is 5.56 Å². The summed E-state index contributed by atoms with van der Waals surface area (Å²) in [7, 11) is 0. The van der Waals surface area contributed by atoms with E-state index in [1.54, 1.807) is 0 Å². The summed E-state index contributed by atoms with van der Waals surface area (Å²) >= 11 is 1.97. The zero-order chi connectivity index (χ0) is 9.80. The fourth-order valence-electron chi connectivity index (χ4n) is 1.90. The van der Waals surface area contributed by atoms with E-state index < -0.39 is 0 Å². The molecule has 0 bridgehead atoms. The summed E-state index contributed by atoms with van der Waals surface area (Å²) in [6.07, 6.45) is 1.90. The first kappa shape index (κ1) is 10.1. The Balaban J connectivity index is 1.96. The summed E-state index contributed by atoms with van der Waals surface area (Å²) in [4.78, 5) is 0. The zero-order valence-corrected chi connectivity index (χ0v) is 9.04. The Morgan fingerprint density at radius 3 is 2.79 bits per heavy atom. The van der Waals surface area contributed by atoms with Gasteiger partial charge >= 0.3 is 0 Å². The summed E-state index contributed by atoms with van der Waals surface area (Å²) in [6.45, 7) is 0. The van der Waals surface area contributed by atoms with E-state index in [1.807, 2.05) is 17.8 Å². The SMILES string of the molecule is OC1CCSCC1Cc1ccccc1. The van der Waals surface area contributed by atoms with Crippen molar-refractivity contribution in [3.63, 3.8) is 0 Å². The lowest BCUT2D eigenvalue weighted by Crippen LogP contribution is -2.29. The van der Waals surface area contributed by atoms with Crippen LogP contribution >= 0.6 is 11.8 Å². The number of benzene rings is 1. The first-order valence-corrected chi connectivity index (χ1v) is 6.31. The van der Waals surface area contributed by atoms with Gasteiger partial charge in [-0.3, -0.25) is 0 Å². The first-order chi connectivity index (χ1) is 6.86. The van der Waals surface area contributed by atoms with Crippen LogP contribution in [0.2, 0.25) is 0 Å². The lowest BCUT2D eigenvalue weighted by molar-refractivity contribution is 0.112. The van der Waals surface area contributed by atoms with Crippen molar-refractivity contribution in [1.29, 1.82) is 0 Å². The van der Waals surface area contributed by atoms with Crippen LogP contribution in [0.25, 0.3) is 0 Å². The second kappa shape index (κ2) is 4.85. The van der Waals surface area contributed by atoms with Crippen LogP contribution in [0.4, 0.5) is 0 Å². The van der Waals surface area contributed by atoms with Gasteiger partial charge in [0.25, 0.3) is 0 Å². The summed E-state index contributed by atoms with van der Waals surface area (Å²) in [5.74, 6) is 2.68. The van der Waals surface area contributed by atoms with Crippen LogP contribution in [0, 0.1) is 5.92 Å². The molecule has 1 aromatic carbocycles. The smallest absolute Gasteiger partial charge is 0.0587 e. The number of rotatable bonds is 2. The van der Waals surface area contributed by atoms with Crippen LogP contribution in [-0.2, 0) is 6.42 Å². The van der Waals surface area contributed by atoms with E-state index >= 15 is 0 Å². The Morgan fingerprint density at radius 2 is 2.07 bits per heavy atom. The number of aliphatic hydroxyl groups is 1. The lowest BCUT2D eigenvalue weighted by Gasteiger charge is -2.27. The van der Waals surface area contributed by atoms with Crippen LogP contribution in [0.5, 0.6) is 0 Å². The molecule has 76 valence electrons. The molecule has 1 aromatic rings. The quantitative estimate of drug-likeness (QED) is 0.805. The molecule has 1 N–H and O–H groups in total. The zero-order valence-electron chi connectivity index (χ0n) is 8.23. The van der Waals surface area contributed by atoms with Crippen molar-refractivity contribution >= 4 is 11.8 Å². The first-order valence-electron chi connectivity index (χ1n) is 5.16. The van der Waals surface area contributed by atoms with Crippen LogP contribution in [-0.4, -0.2) is 22.7 Å². The molecule has 0 radical (unpaired) electrons. The highest BCUT2D eigenvalue weighted by Crippen LogP contribution is 2.26. The van der Waals surface area contributed by atoms with Gasteiger partial charge in [0, 0.05) is 0 Å². The summed E-state index contributed by atoms with van der Waals surface area (Å²) in [5.41, 5.74) is 1.35. The minimum absolute atomic E-state index is 0.0866. The van der Waals surface area contributed by atoms with Gasteiger partial charge in [-0.15, -0.1) is 0 Å². The maximum atomic E-state index is 9.82. The number of aliphatic hydroxyl groups excluding tert-OH is 1. The molecule has 1 fully saturated rings. The third kappa shape index (κ3) is 2.52. The topological polar surface area (TPSA) is 20.2 Å². The highest BCUT2D eigenvalue weighted by molar-refractivity contribution is 7.99. The van der Waals surface area contributed by atoms with Gasteiger partial charge < -0.3 is 5.11 Å². The van der Waals surface area contributed by atoms with Gasteiger partial charge in [-0.25, -0.2) is 0 Å². The molecule has 2 unspecified atom stereocenters. The van der Waals surface area contributed by atoms with Gasteiger partial charge in [-0.05, 0) is 35.8 Å². The van der Waals surface area contributed by atoms with E-state index in [2.05, 4.69) is 24.3 Å². The van der Waals surface area contributed by atoms with Gasteiger partial charge in [-0.1, -0.05) is 30.3 Å². The molecule has 14 heavy (non-hydrogen) atoms. The monoisotopic (exact) mass is 208 g/mol. The minimum atomic E-state index is -0.0866. The molecule has 0 saturated carbocycles. The molecule has 0 spiro atoms. The van der Waals surface area contributed by atoms with Gasteiger partial charge in [0.1, 0.15) is 0 Å². The average molecular weight is 208 g/mol. The third-order valence-electron chi connectivity index (χ3n) is 2.77. The average Bonchev–Trinajstić information content (AvgIpc) is 2.23. The molecule has 0 aromatic heterocycles. The predicted octanol–water partition coefficient (Wildman–Crippen LogP) is 2.34. The Hall–Kier alpha value is -0.470. The van der Waals surface area contributed by atoms with E-state index in [-0.39, 0.29) is 6.10 Å². The molecular weight excluding hydrogens is 192 g/mol. The van der Waals surface area contributed by atoms with E-state index in [9.17, 15) is 5.11 Å². The summed E-state index contributed by atoms with van der Waals surface area (Å²) < 4.78 is 0. The third-order valence-corrected chi connectivity index (χ3v) is 3.96. The van der Waals surface area contributed by atoms with Crippen molar-refractivity contribution in [2.75, 3.05) is 11.5 Å².